The Morgan fingerprint density at radius 3 is 2.62 bits per heavy atom. The second-order valence-corrected chi connectivity index (χ2v) is 5.71. The molecule has 0 saturated carbocycles. The van der Waals surface area contributed by atoms with E-state index < -0.39 is 0 Å². The number of aromatic nitrogens is 2. The molecule has 1 aromatic rings. The van der Waals surface area contributed by atoms with Gasteiger partial charge in [0.25, 0.3) is 0 Å². The van der Waals surface area contributed by atoms with Crippen LogP contribution in [0.15, 0.2) is 6.07 Å². The van der Waals surface area contributed by atoms with Gasteiger partial charge in [-0.15, -0.1) is 0 Å². The van der Waals surface area contributed by atoms with E-state index in [1.807, 2.05) is 13.0 Å². The molecule has 6 nitrogen and oxygen atoms in total. The number of nitrogens with zero attached hydrogens (tertiary/aromatic N) is 3. The molecule has 1 aromatic heterocycles. The van der Waals surface area contributed by atoms with Gasteiger partial charge >= 0.3 is 0 Å². The summed E-state index contributed by atoms with van der Waals surface area (Å²) < 4.78 is 11.5. The van der Waals surface area contributed by atoms with E-state index in [0.29, 0.717) is 0 Å². The van der Waals surface area contributed by atoms with Crippen molar-refractivity contribution >= 4 is 11.8 Å². The van der Waals surface area contributed by atoms with Crippen LogP contribution in [0.3, 0.4) is 0 Å². The fourth-order valence-electron chi connectivity index (χ4n) is 2.89. The largest absolute Gasteiger partial charge is 0.356 e. The highest BCUT2D eigenvalue weighted by Gasteiger charge is 2.40. The Labute approximate surface area is 125 Å². The predicted molar refractivity (Wildman–Crippen MR) is 81.6 cm³/mol. The van der Waals surface area contributed by atoms with Crippen LogP contribution in [0.4, 0.5) is 11.8 Å². The number of anilines is 2. The van der Waals surface area contributed by atoms with Crippen LogP contribution in [0.25, 0.3) is 0 Å². The number of hydrogen-bond donors (Lipinski definition) is 1. The van der Waals surface area contributed by atoms with E-state index >= 15 is 0 Å². The minimum absolute atomic E-state index is 0.331. The maximum Gasteiger partial charge on any atom is 0.224 e. The van der Waals surface area contributed by atoms with Crippen molar-refractivity contribution in [2.75, 3.05) is 43.1 Å². The van der Waals surface area contributed by atoms with Crippen molar-refractivity contribution < 1.29 is 9.47 Å². The first-order valence-electron chi connectivity index (χ1n) is 7.83. The number of ether oxygens (including phenoxy) is 2. The number of hydrogen-bond acceptors (Lipinski definition) is 6. The van der Waals surface area contributed by atoms with Crippen molar-refractivity contribution in [1.82, 2.24) is 9.97 Å². The Bertz CT molecular complexity index is 479. The standard InChI is InChI=1S/C15H24N4O2/c1-3-6-16-14-17-12(2)11-13(18-14)19-7-4-15(5-8-19)20-9-10-21-15/h11H,3-10H2,1-2H3,(H,16,17,18). The van der Waals surface area contributed by atoms with Gasteiger partial charge in [0.1, 0.15) is 5.82 Å². The molecule has 21 heavy (non-hydrogen) atoms. The van der Waals surface area contributed by atoms with Crippen LogP contribution < -0.4 is 10.2 Å². The van der Waals surface area contributed by atoms with Gasteiger partial charge in [0.05, 0.1) is 13.2 Å². The molecule has 0 unspecified atom stereocenters. The van der Waals surface area contributed by atoms with Crippen LogP contribution >= 0.6 is 0 Å². The Kier molecular flexibility index (Phi) is 4.26. The van der Waals surface area contributed by atoms with E-state index in [4.69, 9.17) is 9.47 Å². The summed E-state index contributed by atoms with van der Waals surface area (Å²) in [6, 6.07) is 2.05. The van der Waals surface area contributed by atoms with Crippen LogP contribution in [0.5, 0.6) is 0 Å². The van der Waals surface area contributed by atoms with Gasteiger partial charge in [0.15, 0.2) is 5.79 Å². The van der Waals surface area contributed by atoms with Gasteiger partial charge < -0.3 is 19.7 Å². The van der Waals surface area contributed by atoms with Gasteiger partial charge in [-0.05, 0) is 13.3 Å². The third kappa shape index (κ3) is 3.27. The molecule has 0 bridgehead atoms. The number of piperidine rings is 1. The monoisotopic (exact) mass is 292 g/mol. The first-order valence-corrected chi connectivity index (χ1v) is 7.83. The molecule has 0 aliphatic carbocycles. The third-order valence-corrected chi connectivity index (χ3v) is 4.04. The van der Waals surface area contributed by atoms with Crippen molar-refractivity contribution in [3.63, 3.8) is 0 Å². The molecule has 3 rings (SSSR count). The summed E-state index contributed by atoms with van der Waals surface area (Å²) in [7, 11) is 0. The average Bonchev–Trinajstić information content (AvgIpc) is 2.93. The SMILES string of the molecule is CCCNc1nc(C)cc(N2CCC3(CC2)OCCO3)n1. The third-order valence-electron chi connectivity index (χ3n) is 4.04. The first-order chi connectivity index (χ1) is 10.2. The van der Waals surface area contributed by atoms with Crippen LogP contribution in [0.1, 0.15) is 31.9 Å². The maximum absolute atomic E-state index is 5.77. The van der Waals surface area contributed by atoms with Crippen LogP contribution in [0, 0.1) is 6.92 Å². The minimum Gasteiger partial charge on any atom is -0.356 e. The molecule has 116 valence electrons. The molecular formula is C15H24N4O2. The van der Waals surface area contributed by atoms with Gasteiger partial charge in [-0.3, -0.25) is 0 Å². The number of nitrogens with one attached hydrogen (secondary N) is 1. The lowest BCUT2D eigenvalue weighted by molar-refractivity contribution is -0.169. The molecule has 3 heterocycles. The van der Waals surface area contributed by atoms with Gasteiger partial charge in [0.2, 0.25) is 5.95 Å². The summed E-state index contributed by atoms with van der Waals surface area (Å²) in [5, 5.41) is 3.26. The quantitative estimate of drug-likeness (QED) is 0.915. The van der Waals surface area contributed by atoms with Gasteiger partial charge in [-0.2, -0.15) is 4.98 Å². The lowest BCUT2D eigenvalue weighted by Gasteiger charge is -2.38. The zero-order valence-electron chi connectivity index (χ0n) is 12.9. The molecule has 0 atom stereocenters. The summed E-state index contributed by atoms with van der Waals surface area (Å²) in [5.41, 5.74) is 0.993. The fraction of sp³-hybridized carbons (Fsp3) is 0.733. The predicted octanol–water partition coefficient (Wildman–Crippen LogP) is 1.95. The molecule has 2 fully saturated rings. The number of aryl methyl sites for hydroxylation is 1. The minimum atomic E-state index is -0.331. The Morgan fingerprint density at radius 2 is 1.95 bits per heavy atom. The van der Waals surface area contributed by atoms with Gasteiger partial charge in [-0.25, -0.2) is 4.98 Å². The Balaban J connectivity index is 1.68. The highest BCUT2D eigenvalue weighted by Crippen LogP contribution is 2.32. The molecule has 2 saturated heterocycles. The molecule has 2 aliphatic rings. The average molecular weight is 292 g/mol. The molecule has 2 aliphatic heterocycles. The van der Waals surface area contributed by atoms with Crippen molar-refractivity contribution in [2.24, 2.45) is 0 Å². The van der Waals surface area contributed by atoms with Crippen molar-refractivity contribution in [3.8, 4) is 0 Å². The Morgan fingerprint density at radius 1 is 1.24 bits per heavy atom. The van der Waals surface area contributed by atoms with E-state index in [9.17, 15) is 0 Å². The summed E-state index contributed by atoms with van der Waals surface area (Å²) in [6.07, 6.45) is 2.86. The molecule has 0 amide bonds. The molecular weight excluding hydrogens is 268 g/mol. The van der Waals surface area contributed by atoms with E-state index in [0.717, 1.165) is 69.6 Å². The van der Waals surface area contributed by atoms with Gasteiger partial charge in [-0.1, -0.05) is 6.92 Å². The second kappa shape index (κ2) is 6.15. The van der Waals surface area contributed by atoms with E-state index in [1.165, 1.54) is 0 Å². The fourth-order valence-corrected chi connectivity index (χ4v) is 2.89. The summed E-state index contributed by atoms with van der Waals surface area (Å²) in [5.74, 6) is 1.39. The molecule has 1 spiro atoms. The van der Waals surface area contributed by atoms with Crippen LogP contribution in [0.2, 0.25) is 0 Å². The van der Waals surface area contributed by atoms with Crippen LogP contribution in [-0.4, -0.2) is 48.6 Å². The summed E-state index contributed by atoms with van der Waals surface area (Å²) in [4.78, 5) is 11.4. The molecule has 0 aromatic carbocycles. The maximum atomic E-state index is 5.77. The topological polar surface area (TPSA) is 59.5 Å². The lowest BCUT2D eigenvalue weighted by Crippen LogP contribution is -2.45. The molecule has 1 N–H and O–H groups in total. The van der Waals surface area contributed by atoms with Crippen molar-refractivity contribution in [2.45, 2.75) is 38.9 Å². The zero-order chi connectivity index (χ0) is 14.7. The zero-order valence-corrected chi connectivity index (χ0v) is 12.9. The summed E-state index contributed by atoms with van der Waals surface area (Å²) >= 11 is 0. The van der Waals surface area contributed by atoms with Crippen molar-refractivity contribution in [3.05, 3.63) is 11.8 Å². The summed E-state index contributed by atoms with van der Waals surface area (Å²) in [6.45, 7) is 8.29. The van der Waals surface area contributed by atoms with Crippen molar-refractivity contribution in [1.29, 1.82) is 0 Å². The van der Waals surface area contributed by atoms with Gasteiger partial charge in [0, 0.05) is 44.2 Å². The Hall–Kier alpha value is -1.40. The van der Waals surface area contributed by atoms with E-state index in [-0.39, 0.29) is 5.79 Å². The van der Waals surface area contributed by atoms with Crippen LogP contribution in [-0.2, 0) is 9.47 Å². The molecule has 6 heteroatoms. The first kappa shape index (κ1) is 14.5. The van der Waals surface area contributed by atoms with E-state index in [1.54, 1.807) is 0 Å². The second-order valence-electron chi connectivity index (χ2n) is 5.71. The highest BCUT2D eigenvalue weighted by atomic mass is 16.7. The normalized spacial score (nSPS) is 21.0. The lowest BCUT2D eigenvalue weighted by atomic mass is 10.0. The van der Waals surface area contributed by atoms with E-state index in [2.05, 4.69) is 27.1 Å². The number of rotatable bonds is 4. The molecule has 0 radical (unpaired) electrons. The highest BCUT2D eigenvalue weighted by molar-refractivity contribution is 5.45. The smallest absolute Gasteiger partial charge is 0.224 e.